The summed E-state index contributed by atoms with van der Waals surface area (Å²) in [5.74, 6) is 8.20. The predicted octanol–water partition coefficient (Wildman–Crippen LogP) is 2.86. The van der Waals surface area contributed by atoms with Crippen molar-refractivity contribution in [3.8, 4) is 23.3 Å². The molecule has 2 aliphatic heterocycles. The van der Waals surface area contributed by atoms with Crippen LogP contribution < -0.4 is 15.2 Å². The predicted molar refractivity (Wildman–Crippen MR) is 143 cm³/mol. The molecule has 2 aromatic heterocycles. The normalized spacial score (nSPS) is 17.9. The molecule has 192 valence electrons. The summed E-state index contributed by atoms with van der Waals surface area (Å²) in [6.45, 7) is 4.38. The molecule has 9 nitrogen and oxygen atoms in total. The number of nitrogen functional groups attached to an aromatic ring is 1. The molecule has 0 bridgehead atoms. The zero-order valence-electron chi connectivity index (χ0n) is 21.3. The highest BCUT2D eigenvalue weighted by Crippen LogP contribution is 2.31. The van der Waals surface area contributed by atoms with E-state index in [1.54, 1.807) is 26.4 Å². The molecule has 9 heteroatoms. The first-order chi connectivity index (χ1) is 18.1. The summed E-state index contributed by atoms with van der Waals surface area (Å²) in [4.78, 5) is 25.8. The third-order valence-corrected chi connectivity index (χ3v) is 7.02. The highest BCUT2D eigenvalue weighted by molar-refractivity contribution is 5.92. The molecule has 4 heterocycles. The van der Waals surface area contributed by atoms with Gasteiger partial charge in [-0.05, 0) is 44.5 Å². The van der Waals surface area contributed by atoms with E-state index in [-0.39, 0.29) is 11.9 Å². The number of amides is 1. The molecule has 3 aromatic rings. The van der Waals surface area contributed by atoms with E-state index in [0.29, 0.717) is 30.4 Å². The zero-order valence-corrected chi connectivity index (χ0v) is 21.3. The van der Waals surface area contributed by atoms with Crippen molar-refractivity contribution >= 4 is 22.8 Å². The third-order valence-electron chi connectivity index (χ3n) is 7.02. The highest BCUT2D eigenvalue weighted by atomic mass is 16.5. The molecule has 0 saturated carbocycles. The Morgan fingerprint density at radius 2 is 1.86 bits per heavy atom. The van der Waals surface area contributed by atoms with Crippen molar-refractivity contribution in [2.45, 2.75) is 25.3 Å². The smallest absolute Gasteiger partial charge is 0.246 e. The molecule has 5 rings (SSSR count). The van der Waals surface area contributed by atoms with E-state index in [4.69, 9.17) is 15.2 Å². The van der Waals surface area contributed by atoms with Gasteiger partial charge in [0.25, 0.3) is 0 Å². The number of ether oxygens (including phenoxy) is 2. The Labute approximate surface area is 216 Å². The summed E-state index contributed by atoms with van der Waals surface area (Å²) >= 11 is 0. The van der Waals surface area contributed by atoms with E-state index in [9.17, 15) is 4.79 Å². The maximum Gasteiger partial charge on any atom is 0.246 e. The number of aromatic nitrogens is 3. The molecule has 2 aliphatic rings. The summed E-state index contributed by atoms with van der Waals surface area (Å²) in [5, 5.41) is 0.722. The number of nitrogens with zero attached hydrogens (tertiary/aromatic N) is 5. The number of hydrogen-bond acceptors (Lipinski definition) is 7. The lowest BCUT2D eigenvalue weighted by molar-refractivity contribution is -0.125. The van der Waals surface area contributed by atoms with Crippen LogP contribution in [0.2, 0.25) is 0 Å². The van der Waals surface area contributed by atoms with Gasteiger partial charge in [0, 0.05) is 43.5 Å². The molecule has 2 fully saturated rings. The summed E-state index contributed by atoms with van der Waals surface area (Å²) in [6.07, 6.45) is 10.5. The van der Waals surface area contributed by atoms with E-state index in [1.165, 1.54) is 19.2 Å². The number of anilines is 1. The molecular formula is C28H32N6O3. The van der Waals surface area contributed by atoms with Gasteiger partial charge in [0.1, 0.15) is 29.3 Å². The van der Waals surface area contributed by atoms with Crippen LogP contribution in [-0.2, 0) is 4.79 Å². The number of carbonyl (C=O) groups is 1. The fourth-order valence-electron chi connectivity index (χ4n) is 5.04. The van der Waals surface area contributed by atoms with E-state index in [0.717, 1.165) is 48.2 Å². The molecule has 1 amide bonds. The minimum atomic E-state index is 0.0549. The second-order valence-electron chi connectivity index (χ2n) is 9.40. The largest absolute Gasteiger partial charge is 0.497 e. The van der Waals surface area contributed by atoms with E-state index in [1.807, 2.05) is 29.3 Å². The van der Waals surface area contributed by atoms with Gasteiger partial charge in [-0.1, -0.05) is 17.9 Å². The average molecular weight is 501 g/mol. The summed E-state index contributed by atoms with van der Waals surface area (Å²) in [7, 11) is 3.22. The average Bonchev–Trinajstić information content (AvgIpc) is 3.67. The quantitative estimate of drug-likeness (QED) is 0.410. The number of benzene rings is 1. The van der Waals surface area contributed by atoms with Crippen LogP contribution >= 0.6 is 0 Å². The molecule has 0 unspecified atom stereocenters. The van der Waals surface area contributed by atoms with E-state index in [2.05, 4.69) is 31.3 Å². The van der Waals surface area contributed by atoms with Gasteiger partial charge in [0.05, 0.1) is 31.2 Å². The highest BCUT2D eigenvalue weighted by Gasteiger charge is 2.28. The lowest BCUT2D eigenvalue weighted by atomic mass is 10.1. The third kappa shape index (κ3) is 5.39. The number of likely N-dealkylation sites (tertiary alicyclic amines) is 2. The van der Waals surface area contributed by atoms with Crippen LogP contribution in [0, 0.1) is 11.8 Å². The first-order valence-corrected chi connectivity index (χ1v) is 12.6. The van der Waals surface area contributed by atoms with Crippen molar-refractivity contribution in [1.82, 2.24) is 24.3 Å². The molecule has 1 atom stereocenters. The van der Waals surface area contributed by atoms with Gasteiger partial charge in [0.2, 0.25) is 5.91 Å². The van der Waals surface area contributed by atoms with Crippen LogP contribution in [0.3, 0.4) is 0 Å². The number of carbonyl (C=O) groups excluding carboxylic acids is 1. The maximum atomic E-state index is 12.8. The van der Waals surface area contributed by atoms with Crippen molar-refractivity contribution in [1.29, 1.82) is 0 Å². The monoisotopic (exact) mass is 500 g/mol. The van der Waals surface area contributed by atoms with Crippen LogP contribution in [0.25, 0.3) is 11.0 Å². The van der Waals surface area contributed by atoms with Gasteiger partial charge < -0.3 is 24.7 Å². The Balaban J connectivity index is 1.37. The van der Waals surface area contributed by atoms with E-state index < -0.39 is 0 Å². The van der Waals surface area contributed by atoms with Crippen LogP contribution in [-0.4, -0.2) is 77.2 Å². The first kappa shape index (κ1) is 24.7. The van der Waals surface area contributed by atoms with Crippen molar-refractivity contribution in [3.05, 3.63) is 54.0 Å². The number of nitrogens with two attached hydrogens (primary N) is 1. The number of fused-ring (bicyclic) bond motifs is 1. The molecule has 0 spiro atoms. The maximum absolute atomic E-state index is 12.8. The molecule has 0 radical (unpaired) electrons. The van der Waals surface area contributed by atoms with Crippen LogP contribution in [0.15, 0.2) is 42.9 Å². The first-order valence-electron chi connectivity index (χ1n) is 12.6. The van der Waals surface area contributed by atoms with Gasteiger partial charge in [-0.3, -0.25) is 9.69 Å². The second kappa shape index (κ2) is 10.9. The summed E-state index contributed by atoms with van der Waals surface area (Å²) in [5.41, 5.74) is 8.48. The topological polar surface area (TPSA) is 98.7 Å². The van der Waals surface area contributed by atoms with Gasteiger partial charge in [0.15, 0.2) is 0 Å². The fourth-order valence-corrected chi connectivity index (χ4v) is 5.04. The Bertz CT molecular complexity index is 1360. The fraction of sp³-hybridized carbons (Fsp3) is 0.393. The molecular weight excluding hydrogens is 468 g/mol. The molecule has 0 aliphatic carbocycles. The molecule has 1 aromatic carbocycles. The molecule has 2 saturated heterocycles. The van der Waals surface area contributed by atoms with Gasteiger partial charge in [-0.25, -0.2) is 9.97 Å². The van der Waals surface area contributed by atoms with Crippen molar-refractivity contribution < 1.29 is 14.3 Å². The lowest BCUT2D eigenvalue weighted by Crippen LogP contribution is -2.28. The molecule has 2 N–H and O–H groups in total. The van der Waals surface area contributed by atoms with Crippen molar-refractivity contribution in [2.75, 3.05) is 52.7 Å². The number of rotatable bonds is 6. The van der Waals surface area contributed by atoms with Gasteiger partial charge in [-0.2, -0.15) is 0 Å². The Kier molecular flexibility index (Phi) is 7.28. The van der Waals surface area contributed by atoms with E-state index >= 15 is 0 Å². The Hall–Kier alpha value is -4.03. The van der Waals surface area contributed by atoms with Crippen LogP contribution in [0.1, 0.15) is 36.4 Å². The van der Waals surface area contributed by atoms with Crippen molar-refractivity contribution in [2.24, 2.45) is 0 Å². The Morgan fingerprint density at radius 3 is 2.59 bits per heavy atom. The van der Waals surface area contributed by atoms with Crippen molar-refractivity contribution in [3.63, 3.8) is 0 Å². The van der Waals surface area contributed by atoms with Gasteiger partial charge in [-0.15, -0.1) is 0 Å². The minimum Gasteiger partial charge on any atom is -0.497 e. The Morgan fingerprint density at radius 1 is 1.11 bits per heavy atom. The number of methoxy groups -OCH3 is 2. The number of hydrogen-bond donors (Lipinski definition) is 1. The standard InChI is InChI=1S/C28H32N6O3/c1-36-23-14-20(15-24(16-23)37-2)7-8-21-17-34(28-26(21)27(29)30-19-31-28)22-9-13-33(18-22)25(35)6-5-12-32-10-3-4-11-32/h5-6,14-17,19,22H,3-4,9-13,18H2,1-2H3,(H2,29,30,31)/b6-5+/t22-/m0/s1. The minimum absolute atomic E-state index is 0.0549. The zero-order chi connectivity index (χ0) is 25.8. The van der Waals surface area contributed by atoms with Crippen LogP contribution in [0.4, 0.5) is 5.82 Å². The SMILES string of the molecule is COc1cc(C#Cc2cn([C@H]3CCN(C(=O)/C=C/CN4CCCC4)C3)c3ncnc(N)c23)cc(OC)c1. The second-order valence-corrected chi connectivity index (χ2v) is 9.40. The van der Waals surface area contributed by atoms with Gasteiger partial charge >= 0.3 is 0 Å². The van der Waals surface area contributed by atoms with Crippen LogP contribution in [0.5, 0.6) is 11.5 Å². The summed E-state index contributed by atoms with van der Waals surface area (Å²) < 4.78 is 12.8. The molecule has 37 heavy (non-hydrogen) atoms. The summed E-state index contributed by atoms with van der Waals surface area (Å²) in [6, 6.07) is 5.59. The lowest BCUT2D eigenvalue weighted by Gasteiger charge is -2.16.